The van der Waals surface area contributed by atoms with Gasteiger partial charge in [-0.3, -0.25) is 15.1 Å². The minimum Gasteiger partial charge on any atom is -0.452 e. The van der Waals surface area contributed by atoms with Gasteiger partial charge in [-0.05, 0) is 24.3 Å². The van der Waals surface area contributed by atoms with E-state index in [0.29, 0.717) is 11.3 Å². The van der Waals surface area contributed by atoms with E-state index in [1.54, 1.807) is 54.7 Å². The van der Waals surface area contributed by atoms with Crippen molar-refractivity contribution in [1.82, 2.24) is 15.6 Å². The van der Waals surface area contributed by atoms with Gasteiger partial charge in [0.25, 0.3) is 5.91 Å². The van der Waals surface area contributed by atoms with E-state index in [2.05, 4.69) is 15.6 Å². The molecule has 0 aliphatic heterocycles. The SMILES string of the molecule is O=C(COC(=O)c1ccccc1)NC(=O)NCc1ccccn1. The highest BCUT2D eigenvalue weighted by Gasteiger charge is 2.12. The number of nitrogens with zero attached hydrogens (tertiary/aromatic N) is 1. The number of ether oxygens (including phenoxy) is 1. The van der Waals surface area contributed by atoms with E-state index in [9.17, 15) is 14.4 Å². The van der Waals surface area contributed by atoms with Gasteiger partial charge in [-0.15, -0.1) is 0 Å². The van der Waals surface area contributed by atoms with Crippen LogP contribution in [0.2, 0.25) is 0 Å². The lowest BCUT2D eigenvalue weighted by atomic mass is 10.2. The van der Waals surface area contributed by atoms with Crippen molar-refractivity contribution < 1.29 is 19.1 Å². The molecule has 2 aromatic rings. The van der Waals surface area contributed by atoms with Crippen LogP contribution in [-0.4, -0.2) is 29.5 Å². The summed E-state index contributed by atoms with van der Waals surface area (Å²) in [5.74, 6) is -1.34. The molecular weight excluding hydrogens is 298 g/mol. The first-order valence-electron chi connectivity index (χ1n) is 6.85. The van der Waals surface area contributed by atoms with Crippen molar-refractivity contribution in [2.75, 3.05) is 6.61 Å². The van der Waals surface area contributed by atoms with Crippen molar-refractivity contribution in [3.8, 4) is 0 Å². The van der Waals surface area contributed by atoms with Gasteiger partial charge >= 0.3 is 12.0 Å². The van der Waals surface area contributed by atoms with Crippen LogP contribution in [0, 0.1) is 0 Å². The molecule has 0 fully saturated rings. The lowest BCUT2D eigenvalue weighted by molar-refractivity contribution is -0.123. The molecule has 0 atom stereocenters. The molecule has 3 amide bonds. The van der Waals surface area contributed by atoms with E-state index < -0.39 is 24.5 Å². The summed E-state index contributed by atoms with van der Waals surface area (Å²) in [4.78, 5) is 38.7. The van der Waals surface area contributed by atoms with Gasteiger partial charge in [0.2, 0.25) is 0 Å². The number of imide groups is 1. The molecule has 0 radical (unpaired) electrons. The van der Waals surface area contributed by atoms with E-state index in [1.165, 1.54) is 0 Å². The number of amides is 3. The molecule has 1 heterocycles. The maximum absolute atomic E-state index is 11.6. The molecule has 0 saturated heterocycles. The highest BCUT2D eigenvalue weighted by Crippen LogP contribution is 2.00. The summed E-state index contributed by atoms with van der Waals surface area (Å²) in [5.41, 5.74) is 0.991. The molecule has 2 N–H and O–H groups in total. The number of esters is 1. The summed E-state index contributed by atoms with van der Waals surface area (Å²) in [6, 6.07) is 12.9. The Morgan fingerprint density at radius 3 is 2.43 bits per heavy atom. The third-order valence-electron chi connectivity index (χ3n) is 2.75. The molecule has 0 aliphatic rings. The zero-order valence-electron chi connectivity index (χ0n) is 12.2. The fraction of sp³-hybridized carbons (Fsp3) is 0.125. The van der Waals surface area contributed by atoms with Crippen molar-refractivity contribution in [3.63, 3.8) is 0 Å². The van der Waals surface area contributed by atoms with Crippen LogP contribution in [0.3, 0.4) is 0 Å². The van der Waals surface area contributed by atoms with Gasteiger partial charge in [-0.1, -0.05) is 24.3 Å². The van der Waals surface area contributed by atoms with Crippen LogP contribution in [0.15, 0.2) is 54.7 Å². The number of carbonyl (C=O) groups is 3. The maximum atomic E-state index is 11.6. The predicted molar refractivity (Wildman–Crippen MR) is 81.3 cm³/mol. The van der Waals surface area contributed by atoms with Crippen LogP contribution in [0.1, 0.15) is 16.1 Å². The predicted octanol–water partition coefficient (Wildman–Crippen LogP) is 1.26. The van der Waals surface area contributed by atoms with Gasteiger partial charge in [0.15, 0.2) is 6.61 Å². The maximum Gasteiger partial charge on any atom is 0.338 e. The molecular formula is C16H15N3O4. The Morgan fingerprint density at radius 2 is 1.74 bits per heavy atom. The van der Waals surface area contributed by atoms with Gasteiger partial charge in [0, 0.05) is 6.20 Å². The lowest BCUT2D eigenvalue weighted by Gasteiger charge is -2.07. The Bertz CT molecular complexity index is 674. The molecule has 23 heavy (non-hydrogen) atoms. The largest absolute Gasteiger partial charge is 0.452 e. The number of carbonyl (C=O) groups excluding carboxylic acids is 3. The normalized spacial score (nSPS) is 9.74. The van der Waals surface area contributed by atoms with Crippen molar-refractivity contribution in [1.29, 1.82) is 0 Å². The fourth-order valence-corrected chi connectivity index (χ4v) is 1.67. The molecule has 118 valence electrons. The summed E-state index contributed by atoms with van der Waals surface area (Å²) in [5, 5.41) is 4.54. The molecule has 0 aliphatic carbocycles. The van der Waals surface area contributed by atoms with E-state index in [1.807, 2.05) is 0 Å². The topological polar surface area (TPSA) is 97.4 Å². The van der Waals surface area contributed by atoms with E-state index >= 15 is 0 Å². The smallest absolute Gasteiger partial charge is 0.338 e. The Morgan fingerprint density at radius 1 is 1.00 bits per heavy atom. The first-order valence-corrected chi connectivity index (χ1v) is 6.85. The number of hydrogen-bond acceptors (Lipinski definition) is 5. The molecule has 7 heteroatoms. The summed E-state index contributed by atoms with van der Waals surface area (Å²) in [6.07, 6.45) is 1.60. The zero-order chi connectivity index (χ0) is 16.5. The van der Waals surface area contributed by atoms with Crippen LogP contribution in [0.5, 0.6) is 0 Å². The van der Waals surface area contributed by atoms with Crippen LogP contribution < -0.4 is 10.6 Å². The van der Waals surface area contributed by atoms with E-state index in [-0.39, 0.29) is 6.54 Å². The minimum atomic E-state index is -0.715. The number of benzene rings is 1. The molecule has 2 rings (SSSR count). The monoisotopic (exact) mass is 313 g/mol. The summed E-state index contributed by atoms with van der Waals surface area (Å²) in [7, 11) is 0. The number of urea groups is 1. The highest BCUT2D eigenvalue weighted by molar-refractivity contribution is 5.96. The number of nitrogens with one attached hydrogen (secondary N) is 2. The quantitative estimate of drug-likeness (QED) is 0.810. The third kappa shape index (κ3) is 5.58. The van der Waals surface area contributed by atoms with Crippen molar-refractivity contribution in [3.05, 3.63) is 66.0 Å². The third-order valence-corrected chi connectivity index (χ3v) is 2.75. The average molecular weight is 313 g/mol. The van der Waals surface area contributed by atoms with Crippen LogP contribution in [0.25, 0.3) is 0 Å². The molecule has 0 bridgehead atoms. The van der Waals surface area contributed by atoms with Gasteiger partial charge < -0.3 is 10.1 Å². The second-order valence-corrected chi connectivity index (χ2v) is 4.49. The highest BCUT2D eigenvalue weighted by atomic mass is 16.5. The van der Waals surface area contributed by atoms with Crippen LogP contribution >= 0.6 is 0 Å². The molecule has 0 unspecified atom stereocenters. The van der Waals surface area contributed by atoms with Gasteiger partial charge in [-0.2, -0.15) is 0 Å². The first kappa shape index (κ1) is 16.2. The Balaban J connectivity index is 1.70. The van der Waals surface area contributed by atoms with Gasteiger partial charge in [-0.25, -0.2) is 9.59 Å². The summed E-state index contributed by atoms with van der Waals surface area (Å²) >= 11 is 0. The van der Waals surface area contributed by atoms with Crippen LogP contribution in [0.4, 0.5) is 4.79 Å². The Labute approximate surface area is 132 Å². The molecule has 0 spiro atoms. The standard InChI is InChI=1S/C16H15N3O4/c20-14(11-23-15(21)12-6-2-1-3-7-12)19-16(22)18-10-13-8-4-5-9-17-13/h1-9H,10-11H2,(H2,18,19,20,22). The van der Waals surface area contributed by atoms with Crippen LogP contribution in [-0.2, 0) is 16.1 Å². The van der Waals surface area contributed by atoms with E-state index in [4.69, 9.17) is 4.74 Å². The van der Waals surface area contributed by atoms with Crippen molar-refractivity contribution in [2.45, 2.75) is 6.54 Å². The zero-order valence-corrected chi connectivity index (χ0v) is 12.2. The lowest BCUT2D eigenvalue weighted by Crippen LogP contribution is -2.41. The average Bonchev–Trinajstić information content (AvgIpc) is 2.59. The summed E-state index contributed by atoms with van der Waals surface area (Å²) in [6.45, 7) is -0.353. The molecule has 0 saturated carbocycles. The Hall–Kier alpha value is -3.22. The number of aromatic nitrogens is 1. The van der Waals surface area contributed by atoms with Crippen molar-refractivity contribution >= 4 is 17.9 Å². The summed E-state index contributed by atoms with van der Waals surface area (Å²) < 4.78 is 4.81. The second-order valence-electron chi connectivity index (χ2n) is 4.49. The minimum absolute atomic E-state index is 0.184. The number of pyridine rings is 1. The molecule has 1 aromatic heterocycles. The molecule has 1 aromatic carbocycles. The Kier molecular flexibility index (Phi) is 5.81. The number of hydrogen-bond donors (Lipinski definition) is 2. The molecule has 7 nitrogen and oxygen atoms in total. The number of rotatable bonds is 5. The second kappa shape index (κ2) is 8.28. The fourth-order valence-electron chi connectivity index (χ4n) is 1.67. The van der Waals surface area contributed by atoms with Crippen molar-refractivity contribution in [2.24, 2.45) is 0 Å². The van der Waals surface area contributed by atoms with Gasteiger partial charge in [0.05, 0.1) is 17.8 Å². The van der Waals surface area contributed by atoms with E-state index in [0.717, 1.165) is 0 Å². The van der Waals surface area contributed by atoms with Gasteiger partial charge in [0.1, 0.15) is 0 Å². The first-order chi connectivity index (χ1) is 11.1.